The molecule has 1 saturated carbocycles. The van der Waals surface area contributed by atoms with E-state index in [-0.39, 0.29) is 0 Å². The highest BCUT2D eigenvalue weighted by Crippen LogP contribution is 2.26. The van der Waals surface area contributed by atoms with Crippen molar-refractivity contribution in [3.63, 3.8) is 0 Å². The molecule has 1 rings (SSSR count). The third-order valence-corrected chi connectivity index (χ3v) is 1.54. The van der Waals surface area contributed by atoms with Gasteiger partial charge in [-0.1, -0.05) is 38.7 Å². The van der Waals surface area contributed by atoms with E-state index in [9.17, 15) is 0 Å². The van der Waals surface area contributed by atoms with Gasteiger partial charge in [0, 0.05) is 0 Å². The first-order valence-corrected chi connectivity index (χ1v) is 4.31. The molecule has 1 aliphatic carbocycles. The third kappa shape index (κ3) is 10.7. The highest BCUT2D eigenvalue weighted by atomic mass is 14.2. The number of hydrogen-bond donors (Lipinski definition) is 0. The van der Waals surface area contributed by atoms with Gasteiger partial charge < -0.3 is 0 Å². The minimum Gasteiger partial charge on any atom is -0.100 e. The first kappa shape index (κ1) is 9.74. The highest BCUT2D eigenvalue weighted by molar-refractivity contribution is 4.86. The lowest BCUT2D eigenvalue weighted by atomic mass is 10.2. The van der Waals surface area contributed by atoms with Gasteiger partial charge in [-0.25, -0.2) is 0 Å². The fourth-order valence-electron chi connectivity index (χ4n) is 0.593. The summed E-state index contributed by atoms with van der Waals surface area (Å²) in [6.45, 7) is 10.2. The van der Waals surface area contributed by atoms with Crippen molar-refractivity contribution in [3.8, 4) is 0 Å². The molecule has 0 spiro atoms. The van der Waals surface area contributed by atoms with Crippen molar-refractivity contribution in [1.29, 1.82) is 0 Å². The standard InChI is InChI=1S/C6H12.C4H8/c1-4-5-6(2)3;1-4-2-3-4/h2,4-5H2,1,3H3;4H,2-3H2,1H3. The van der Waals surface area contributed by atoms with Crippen molar-refractivity contribution in [2.45, 2.75) is 46.5 Å². The van der Waals surface area contributed by atoms with Gasteiger partial charge in [-0.05, 0) is 19.3 Å². The summed E-state index contributed by atoms with van der Waals surface area (Å²) in [7, 11) is 0. The zero-order valence-corrected chi connectivity index (χ0v) is 7.61. The second kappa shape index (κ2) is 5.52. The minimum absolute atomic E-state index is 1.08. The van der Waals surface area contributed by atoms with E-state index >= 15 is 0 Å². The first-order valence-electron chi connectivity index (χ1n) is 4.31. The van der Waals surface area contributed by atoms with Crippen molar-refractivity contribution in [2.24, 2.45) is 5.92 Å². The molecule has 0 heteroatoms. The highest BCUT2D eigenvalue weighted by Gasteiger charge is 2.12. The molecular weight excluding hydrogens is 120 g/mol. The molecule has 0 aromatic rings. The Kier molecular flexibility index (Phi) is 5.38. The molecule has 0 atom stereocenters. The summed E-state index contributed by atoms with van der Waals surface area (Å²) in [6.07, 6.45) is 5.38. The molecule has 10 heavy (non-hydrogen) atoms. The molecule has 60 valence electrons. The molecule has 0 saturated heterocycles. The topological polar surface area (TPSA) is 0 Å². The maximum absolute atomic E-state index is 3.74. The zero-order chi connectivity index (χ0) is 7.98. The molecule has 0 aliphatic heterocycles. The Morgan fingerprint density at radius 2 is 1.90 bits per heavy atom. The molecule has 0 bridgehead atoms. The van der Waals surface area contributed by atoms with Crippen LogP contribution < -0.4 is 0 Å². The molecule has 0 aromatic carbocycles. The molecular formula is C10H20. The van der Waals surface area contributed by atoms with Crippen molar-refractivity contribution >= 4 is 0 Å². The maximum atomic E-state index is 3.74. The summed E-state index contributed by atoms with van der Waals surface area (Å²) < 4.78 is 0. The second-order valence-corrected chi connectivity index (χ2v) is 3.39. The van der Waals surface area contributed by atoms with Gasteiger partial charge in [0.1, 0.15) is 0 Å². The van der Waals surface area contributed by atoms with E-state index in [1.165, 1.54) is 31.3 Å². The van der Waals surface area contributed by atoms with Crippen molar-refractivity contribution in [3.05, 3.63) is 12.2 Å². The van der Waals surface area contributed by atoms with Crippen LogP contribution in [0.2, 0.25) is 0 Å². The predicted octanol–water partition coefficient (Wildman–Crippen LogP) is 3.78. The fourth-order valence-corrected chi connectivity index (χ4v) is 0.593. The Bertz CT molecular complexity index is 88.2. The largest absolute Gasteiger partial charge is 0.100 e. The van der Waals surface area contributed by atoms with Crippen LogP contribution in [-0.2, 0) is 0 Å². The minimum atomic E-state index is 1.08. The van der Waals surface area contributed by atoms with E-state index in [0.29, 0.717) is 0 Å². The predicted molar refractivity (Wildman–Crippen MR) is 48.1 cm³/mol. The summed E-state index contributed by atoms with van der Waals surface area (Å²) in [6, 6.07) is 0. The van der Waals surface area contributed by atoms with Gasteiger partial charge in [-0.3, -0.25) is 0 Å². The third-order valence-electron chi connectivity index (χ3n) is 1.54. The van der Waals surface area contributed by atoms with E-state index in [1.807, 2.05) is 0 Å². The molecule has 0 aromatic heterocycles. The van der Waals surface area contributed by atoms with Gasteiger partial charge in [0.2, 0.25) is 0 Å². The van der Waals surface area contributed by atoms with Gasteiger partial charge >= 0.3 is 0 Å². The monoisotopic (exact) mass is 140 g/mol. The van der Waals surface area contributed by atoms with E-state index < -0.39 is 0 Å². The zero-order valence-electron chi connectivity index (χ0n) is 7.61. The quantitative estimate of drug-likeness (QED) is 0.512. The maximum Gasteiger partial charge on any atom is -0.0328 e. The summed E-state index contributed by atoms with van der Waals surface area (Å²) in [5.41, 5.74) is 1.29. The van der Waals surface area contributed by atoms with E-state index in [1.54, 1.807) is 0 Å². The molecule has 0 nitrogen and oxygen atoms in total. The van der Waals surface area contributed by atoms with Crippen LogP contribution >= 0.6 is 0 Å². The fraction of sp³-hybridized carbons (Fsp3) is 0.800. The SMILES string of the molecule is C=C(C)CCC.CC1CC1. The van der Waals surface area contributed by atoms with E-state index in [0.717, 1.165) is 5.92 Å². The molecule has 1 fully saturated rings. The van der Waals surface area contributed by atoms with Crippen molar-refractivity contribution in [2.75, 3.05) is 0 Å². The van der Waals surface area contributed by atoms with Crippen molar-refractivity contribution in [1.82, 2.24) is 0 Å². The van der Waals surface area contributed by atoms with Crippen LogP contribution in [0.3, 0.4) is 0 Å². The normalized spacial score (nSPS) is 15.5. The lowest BCUT2D eigenvalue weighted by molar-refractivity contribution is 0.910. The lowest BCUT2D eigenvalue weighted by Gasteiger charge is -1.87. The van der Waals surface area contributed by atoms with Gasteiger partial charge in [-0.2, -0.15) is 0 Å². The average molecular weight is 140 g/mol. The Balaban J connectivity index is 0.000000172. The Labute approximate surface area is 65.3 Å². The molecule has 0 heterocycles. The average Bonchev–Trinajstić information content (AvgIpc) is 2.52. The van der Waals surface area contributed by atoms with Gasteiger partial charge in [0.25, 0.3) is 0 Å². The van der Waals surface area contributed by atoms with Crippen LogP contribution in [0.1, 0.15) is 46.5 Å². The van der Waals surface area contributed by atoms with Crippen LogP contribution in [0.4, 0.5) is 0 Å². The van der Waals surface area contributed by atoms with Crippen LogP contribution in [0.25, 0.3) is 0 Å². The summed E-state index contributed by atoms with van der Waals surface area (Å²) >= 11 is 0. The van der Waals surface area contributed by atoms with Gasteiger partial charge in [0.05, 0.1) is 0 Å². The van der Waals surface area contributed by atoms with Crippen LogP contribution in [0.5, 0.6) is 0 Å². The van der Waals surface area contributed by atoms with Crippen LogP contribution in [0.15, 0.2) is 12.2 Å². The van der Waals surface area contributed by atoms with E-state index in [2.05, 4.69) is 27.4 Å². The molecule has 1 aliphatic rings. The van der Waals surface area contributed by atoms with Gasteiger partial charge in [0.15, 0.2) is 0 Å². The second-order valence-electron chi connectivity index (χ2n) is 3.39. The Hall–Kier alpha value is -0.260. The Morgan fingerprint density at radius 1 is 1.50 bits per heavy atom. The number of hydrogen-bond acceptors (Lipinski definition) is 0. The lowest BCUT2D eigenvalue weighted by Crippen LogP contribution is -1.66. The van der Waals surface area contributed by atoms with Gasteiger partial charge in [-0.15, -0.1) is 6.58 Å². The summed E-state index contributed by atoms with van der Waals surface area (Å²) in [4.78, 5) is 0. The van der Waals surface area contributed by atoms with Crippen LogP contribution in [0, 0.1) is 5.92 Å². The molecule has 0 radical (unpaired) electrons. The summed E-state index contributed by atoms with van der Waals surface area (Å²) in [5, 5.41) is 0. The molecule has 0 unspecified atom stereocenters. The number of allylic oxidation sites excluding steroid dienone is 1. The summed E-state index contributed by atoms with van der Waals surface area (Å²) in [5.74, 6) is 1.08. The molecule has 0 N–H and O–H groups in total. The molecule has 0 amide bonds. The van der Waals surface area contributed by atoms with Crippen molar-refractivity contribution < 1.29 is 0 Å². The first-order chi connectivity index (χ1) is 4.66. The van der Waals surface area contributed by atoms with E-state index in [4.69, 9.17) is 0 Å². The van der Waals surface area contributed by atoms with Crippen LogP contribution in [-0.4, -0.2) is 0 Å². The number of rotatable bonds is 2. The smallest absolute Gasteiger partial charge is 0.0328 e. The Morgan fingerprint density at radius 3 is 1.90 bits per heavy atom.